The van der Waals surface area contributed by atoms with Gasteiger partial charge in [-0.3, -0.25) is 4.79 Å². The van der Waals surface area contributed by atoms with E-state index in [0.717, 1.165) is 42.7 Å². The van der Waals surface area contributed by atoms with Crippen molar-refractivity contribution in [3.8, 4) is 16.9 Å². The van der Waals surface area contributed by atoms with Crippen LogP contribution in [0, 0.1) is 0 Å². The first-order valence-corrected chi connectivity index (χ1v) is 9.49. The van der Waals surface area contributed by atoms with E-state index in [0.29, 0.717) is 13.0 Å². The number of para-hydroxylation sites is 1. The number of carbonyl (C=O) groups excluding carboxylic acids is 1. The van der Waals surface area contributed by atoms with E-state index in [1.165, 1.54) is 0 Å². The van der Waals surface area contributed by atoms with Gasteiger partial charge in [0.25, 0.3) is 0 Å². The molecule has 2 atom stereocenters. The smallest absolute Gasteiger partial charge is 0.226 e. The average molecular weight is 389 g/mol. The Balaban J connectivity index is 0.00000261. The summed E-state index contributed by atoms with van der Waals surface area (Å²) in [6.45, 7) is 3.18. The first-order chi connectivity index (χ1) is 12.7. The third-order valence-corrected chi connectivity index (χ3v) is 5.02. The number of piperidine rings is 1. The molecule has 1 fully saturated rings. The molecule has 2 unspecified atom stereocenters. The number of benzene rings is 2. The number of amides is 1. The predicted octanol–water partition coefficient (Wildman–Crippen LogP) is 4.27. The molecular formula is C22H29ClN2O2. The van der Waals surface area contributed by atoms with Crippen LogP contribution < -0.4 is 10.5 Å². The summed E-state index contributed by atoms with van der Waals surface area (Å²) in [6, 6.07) is 18.3. The van der Waals surface area contributed by atoms with Gasteiger partial charge in [0.2, 0.25) is 5.91 Å². The van der Waals surface area contributed by atoms with E-state index in [1.54, 1.807) is 0 Å². The van der Waals surface area contributed by atoms with Gasteiger partial charge in [-0.15, -0.1) is 12.4 Å². The second-order valence-electron chi connectivity index (χ2n) is 6.97. The van der Waals surface area contributed by atoms with Crippen molar-refractivity contribution >= 4 is 18.3 Å². The SMILES string of the molecule is CC(N)C1CCCCN1C(=O)CCOc1ccccc1-c1ccccc1.Cl. The van der Waals surface area contributed by atoms with E-state index < -0.39 is 0 Å². The summed E-state index contributed by atoms with van der Waals surface area (Å²) >= 11 is 0. The van der Waals surface area contributed by atoms with Crippen molar-refractivity contribution in [3.05, 3.63) is 54.6 Å². The number of hydrogen-bond donors (Lipinski definition) is 1. The molecule has 1 amide bonds. The molecule has 146 valence electrons. The molecule has 1 saturated heterocycles. The Kier molecular flexibility index (Phi) is 8.14. The summed E-state index contributed by atoms with van der Waals surface area (Å²) in [5.74, 6) is 0.957. The van der Waals surface area contributed by atoms with Crippen LogP contribution in [0.5, 0.6) is 5.75 Å². The van der Waals surface area contributed by atoms with Crippen molar-refractivity contribution in [1.29, 1.82) is 0 Å². The van der Waals surface area contributed by atoms with Crippen LogP contribution in [0.1, 0.15) is 32.6 Å². The molecule has 0 radical (unpaired) electrons. The van der Waals surface area contributed by atoms with Crippen molar-refractivity contribution < 1.29 is 9.53 Å². The van der Waals surface area contributed by atoms with Crippen LogP contribution in [-0.4, -0.2) is 36.0 Å². The number of rotatable bonds is 6. The molecule has 2 N–H and O–H groups in total. The monoisotopic (exact) mass is 388 g/mol. The molecule has 2 aromatic rings. The lowest BCUT2D eigenvalue weighted by Crippen LogP contribution is -2.51. The fourth-order valence-corrected chi connectivity index (χ4v) is 3.65. The lowest BCUT2D eigenvalue weighted by molar-refractivity contribution is -0.135. The zero-order valence-corrected chi connectivity index (χ0v) is 16.7. The maximum atomic E-state index is 12.6. The molecule has 0 aromatic heterocycles. The standard InChI is InChI=1S/C22H28N2O2.ClH/c1-17(23)20-12-7-8-15-24(20)22(25)14-16-26-21-13-6-5-11-19(21)18-9-3-2-4-10-18;/h2-6,9-11,13,17,20H,7-8,12,14-16,23H2,1H3;1H. The van der Waals surface area contributed by atoms with Gasteiger partial charge < -0.3 is 15.4 Å². The second kappa shape index (κ2) is 10.3. The van der Waals surface area contributed by atoms with Crippen molar-refractivity contribution in [1.82, 2.24) is 4.90 Å². The van der Waals surface area contributed by atoms with E-state index >= 15 is 0 Å². The van der Waals surface area contributed by atoms with Gasteiger partial charge >= 0.3 is 0 Å². The van der Waals surface area contributed by atoms with Crippen LogP contribution in [0.25, 0.3) is 11.1 Å². The Morgan fingerprint density at radius 3 is 2.59 bits per heavy atom. The van der Waals surface area contributed by atoms with Gasteiger partial charge in [0.05, 0.1) is 13.0 Å². The van der Waals surface area contributed by atoms with Gasteiger partial charge in [-0.1, -0.05) is 48.5 Å². The topological polar surface area (TPSA) is 55.6 Å². The molecule has 4 nitrogen and oxygen atoms in total. The van der Waals surface area contributed by atoms with Crippen LogP contribution in [0.4, 0.5) is 0 Å². The Morgan fingerprint density at radius 2 is 1.85 bits per heavy atom. The minimum atomic E-state index is 0. The predicted molar refractivity (Wildman–Crippen MR) is 112 cm³/mol. The van der Waals surface area contributed by atoms with Gasteiger partial charge in [-0.2, -0.15) is 0 Å². The molecule has 3 rings (SSSR count). The van der Waals surface area contributed by atoms with Crippen LogP contribution in [0.3, 0.4) is 0 Å². The Hall–Kier alpha value is -2.04. The molecule has 1 aliphatic rings. The number of carbonyl (C=O) groups is 1. The Bertz CT molecular complexity index is 721. The first-order valence-electron chi connectivity index (χ1n) is 9.49. The van der Waals surface area contributed by atoms with E-state index in [1.807, 2.05) is 54.3 Å². The highest BCUT2D eigenvalue weighted by Gasteiger charge is 2.28. The highest BCUT2D eigenvalue weighted by atomic mass is 35.5. The van der Waals surface area contributed by atoms with E-state index in [-0.39, 0.29) is 30.4 Å². The lowest BCUT2D eigenvalue weighted by Gasteiger charge is -2.38. The third kappa shape index (κ3) is 5.47. The lowest BCUT2D eigenvalue weighted by atomic mass is 9.96. The van der Waals surface area contributed by atoms with E-state index in [9.17, 15) is 4.79 Å². The summed E-state index contributed by atoms with van der Waals surface area (Å²) in [7, 11) is 0. The van der Waals surface area contributed by atoms with Crippen molar-refractivity contribution in [3.63, 3.8) is 0 Å². The summed E-state index contributed by atoms with van der Waals surface area (Å²) in [5.41, 5.74) is 8.24. The largest absolute Gasteiger partial charge is 0.492 e. The zero-order chi connectivity index (χ0) is 18.4. The van der Waals surface area contributed by atoms with Crippen molar-refractivity contribution in [2.24, 2.45) is 5.73 Å². The van der Waals surface area contributed by atoms with Crippen molar-refractivity contribution in [2.45, 2.75) is 44.7 Å². The fraction of sp³-hybridized carbons (Fsp3) is 0.409. The molecule has 2 aromatic carbocycles. The number of ether oxygens (including phenoxy) is 1. The van der Waals surface area contributed by atoms with Crippen LogP contribution >= 0.6 is 12.4 Å². The van der Waals surface area contributed by atoms with E-state index in [4.69, 9.17) is 10.5 Å². The quantitative estimate of drug-likeness (QED) is 0.803. The maximum Gasteiger partial charge on any atom is 0.226 e. The molecule has 1 aliphatic heterocycles. The molecule has 0 aliphatic carbocycles. The highest BCUT2D eigenvalue weighted by Crippen LogP contribution is 2.29. The molecule has 1 heterocycles. The average Bonchev–Trinajstić information content (AvgIpc) is 2.69. The molecular weight excluding hydrogens is 360 g/mol. The second-order valence-corrected chi connectivity index (χ2v) is 6.97. The fourth-order valence-electron chi connectivity index (χ4n) is 3.65. The number of nitrogens with two attached hydrogens (primary N) is 1. The van der Waals surface area contributed by atoms with Crippen LogP contribution in [0.2, 0.25) is 0 Å². The molecule has 5 heteroatoms. The number of hydrogen-bond acceptors (Lipinski definition) is 3. The zero-order valence-electron chi connectivity index (χ0n) is 15.8. The van der Waals surface area contributed by atoms with Gasteiger partial charge in [0.15, 0.2) is 0 Å². The summed E-state index contributed by atoms with van der Waals surface area (Å²) < 4.78 is 5.97. The summed E-state index contributed by atoms with van der Waals surface area (Å²) in [4.78, 5) is 14.6. The molecule has 27 heavy (non-hydrogen) atoms. The summed E-state index contributed by atoms with van der Waals surface area (Å²) in [6.07, 6.45) is 3.59. The van der Waals surface area contributed by atoms with Gasteiger partial charge in [0, 0.05) is 24.2 Å². The van der Waals surface area contributed by atoms with E-state index in [2.05, 4.69) is 12.1 Å². The number of nitrogens with zero attached hydrogens (tertiary/aromatic N) is 1. The number of likely N-dealkylation sites (tertiary alicyclic amines) is 1. The Labute approximate surface area is 168 Å². The maximum absolute atomic E-state index is 12.6. The number of halogens is 1. The summed E-state index contributed by atoms with van der Waals surface area (Å²) in [5, 5.41) is 0. The third-order valence-electron chi connectivity index (χ3n) is 5.02. The van der Waals surface area contributed by atoms with Crippen LogP contribution in [-0.2, 0) is 4.79 Å². The minimum Gasteiger partial charge on any atom is -0.492 e. The highest BCUT2D eigenvalue weighted by molar-refractivity contribution is 5.85. The molecule has 0 saturated carbocycles. The van der Waals surface area contributed by atoms with Crippen LogP contribution in [0.15, 0.2) is 54.6 Å². The van der Waals surface area contributed by atoms with Gasteiger partial charge in [-0.25, -0.2) is 0 Å². The van der Waals surface area contributed by atoms with Gasteiger partial charge in [0.1, 0.15) is 5.75 Å². The van der Waals surface area contributed by atoms with Gasteiger partial charge in [-0.05, 0) is 37.8 Å². The Morgan fingerprint density at radius 1 is 1.15 bits per heavy atom. The van der Waals surface area contributed by atoms with Crippen molar-refractivity contribution in [2.75, 3.05) is 13.2 Å². The normalized spacial score (nSPS) is 17.7. The molecule has 0 bridgehead atoms. The minimum absolute atomic E-state index is 0. The first kappa shape index (κ1) is 21.3. The molecule has 0 spiro atoms.